The molecule has 0 saturated carbocycles. The van der Waals surface area contributed by atoms with Gasteiger partial charge in [-0.05, 0) is 140 Å². The van der Waals surface area contributed by atoms with Gasteiger partial charge in [-0.3, -0.25) is 0 Å². The third kappa shape index (κ3) is 5.26. The molecule has 2 aromatic heterocycles. The largest absolute Gasteiger partial charge is 0.363 e. The predicted molar refractivity (Wildman–Crippen MR) is 287 cm³/mol. The van der Waals surface area contributed by atoms with Crippen LogP contribution < -0.4 is 10.2 Å². The molecule has 324 valence electrons. The summed E-state index contributed by atoms with van der Waals surface area (Å²) in [6, 6.07) is 83.5. The van der Waals surface area contributed by atoms with Gasteiger partial charge in [0.15, 0.2) is 0 Å². The van der Waals surface area contributed by atoms with Crippen LogP contribution in [0.5, 0.6) is 0 Å². The summed E-state index contributed by atoms with van der Waals surface area (Å²) in [4.78, 5) is 8.12. The first kappa shape index (κ1) is 38.4. The van der Waals surface area contributed by atoms with Crippen molar-refractivity contribution < 1.29 is 0 Å². The second-order valence-corrected chi connectivity index (χ2v) is 18.9. The van der Waals surface area contributed by atoms with E-state index in [2.05, 4.69) is 246 Å². The van der Waals surface area contributed by atoms with E-state index in [-0.39, 0.29) is 6.17 Å². The zero-order chi connectivity index (χ0) is 45.4. The second kappa shape index (κ2) is 14.4. The van der Waals surface area contributed by atoms with Crippen molar-refractivity contribution in [3.63, 3.8) is 0 Å². The fraction of sp³-hybridized carbons (Fsp3) is 0.0615. The van der Waals surface area contributed by atoms with Crippen LogP contribution >= 0.6 is 0 Å². The lowest BCUT2D eigenvalue weighted by Crippen LogP contribution is -2.30. The molecule has 1 atom stereocenters. The fourth-order valence-corrected chi connectivity index (χ4v) is 12.6. The summed E-state index contributed by atoms with van der Waals surface area (Å²) >= 11 is 0. The first-order valence-corrected chi connectivity index (χ1v) is 24.2. The van der Waals surface area contributed by atoms with Gasteiger partial charge in [0.05, 0.1) is 39.0 Å². The minimum atomic E-state index is -0.446. The number of fused-ring (bicyclic) bond motifs is 17. The van der Waals surface area contributed by atoms with E-state index in [0.717, 1.165) is 50.8 Å². The van der Waals surface area contributed by atoms with Crippen LogP contribution in [0.15, 0.2) is 224 Å². The molecule has 0 fully saturated rings. The van der Waals surface area contributed by atoms with Crippen LogP contribution in [-0.2, 0) is 5.41 Å². The van der Waals surface area contributed by atoms with E-state index in [0.29, 0.717) is 0 Å². The van der Waals surface area contributed by atoms with Crippen molar-refractivity contribution in [1.29, 1.82) is 0 Å². The highest BCUT2D eigenvalue weighted by Gasteiger charge is 2.51. The fourth-order valence-electron chi connectivity index (χ4n) is 12.6. The third-order valence-corrected chi connectivity index (χ3v) is 15.5. The Morgan fingerprint density at radius 2 is 1.00 bits per heavy atom. The van der Waals surface area contributed by atoms with Crippen LogP contribution in [0, 0.1) is 0 Å². The number of para-hydroxylation sites is 5. The molecule has 69 heavy (non-hydrogen) atoms. The van der Waals surface area contributed by atoms with Gasteiger partial charge in [-0.25, -0.2) is 4.98 Å². The van der Waals surface area contributed by atoms with Crippen molar-refractivity contribution >= 4 is 60.5 Å². The van der Waals surface area contributed by atoms with Crippen LogP contribution in [0.3, 0.4) is 0 Å². The Balaban J connectivity index is 0.997. The Kier molecular flexibility index (Phi) is 8.00. The topological polar surface area (TPSA) is 33.1 Å². The molecule has 1 N–H and O–H groups in total. The molecular weight excluding hydrogens is 837 g/mol. The maximum Gasteiger partial charge on any atom is 0.104 e. The van der Waals surface area contributed by atoms with Gasteiger partial charge in [-0.2, -0.15) is 0 Å². The van der Waals surface area contributed by atoms with Gasteiger partial charge in [0.1, 0.15) is 6.17 Å². The molecule has 0 saturated heterocycles. The van der Waals surface area contributed by atoms with Gasteiger partial charge in [-0.1, -0.05) is 159 Å². The Morgan fingerprint density at radius 1 is 0.435 bits per heavy atom. The van der Waals surface area contributed by atoms with Gasteiger partial charge >= 0.3 is 0 Å². The van der Waals surface area contributed by atoms with Crippen molar-refractivity contribution in [3.05, 3.63) is 247 Å². The zero-order valence-corrected chi connectivity index (χ0v) is 38.0. The molecule has 0 amide bonds. The third-order valence-electron chi connectivity index (χ3n) is 15.5. The van der Waals surface area contributed by atoms with E-state index < -0.39 is 5.41 Å². The minimum absolute atomic E-state index is 0.187. The molecule has 15 rings (SSSR count). The number of pyridine rings is 1. The van der Waals surface area contributed by atoms with Crippen LogP contribution in [-0.4, -0.2) is 15.7 Å². The maximum atomic E-state index is 5.68. The summed E-state index contributed by atoms with van der Waals surface area (Å²) in [6.45, 7) is 2.24. The van der Waals surface area contributed by atoms with Gasteiger partial charge in [0.2, 0.25) is 0 Å². The number of anilines is 3. The summed E-state index contributed by atoms with van der Waals surface area (Å²) in [6.07, 6.45) is 1.16. The number of hydrogen-bond donors (Lipinski definition) is 1. The SMILES string of the molecule is CCC1Nc2ccccc2N1c1ccc(-c2cc(-c3nc4ccccc4c4cc5c(cc34)-c3ccccc3C53c4ccccc4-c4ccccc43)cc(-n3c4ccccc4c4ccccc43)c2)cc1. The molecule has 12 aromatic rings. The van der Waals surface area contributed by atoms with E-state index in [9.17, 15) is 0 Å². The van der Waals surface area contributed by atoms with E-state index in [4.69, 9.17) is 4.98 Å². The van der Waals surface area contributed by atoms with E-state index >= 15 is 0 Å². The molecule has 3 heterocycles. The highest BCUT2D eigenvalue weighted by molar-refractivity contribution is 6.15. The van der Waals surface area contributed by atoms with Crippen molar-refractivity contribution in [2.24, 2.45) is 0 Å². The number of nitrogens with one attached hydrogen (secondary N) is 1. The lowest BCUT2D eigenvalue weighted by Gasteiger charge is -2.30. The van der Waals surface area contributed by atoms with E-state index in [1.165, 1.54) is 88.8 Å². The van der Waals surface area contributed by atoms with Gasteiger partial charge in [-0.15, -0.1) is 0 Å². The lowest BCUT2D eigenvalue weighted by molar-refractivity contribution is 0.728. The molecule has 4 nitrogen and oxygen atoms in total. The van der Waals surface area contributed by atoms with E-state index in [1.54, 1.807) is 0 Å². The van der Waals surface area contributed by atoms with E-state index in [1.807, 2.05) is 0 Å². The van der Waals surface area contributed by atoms with Crippen LogP contribution in [0.2, 0.25) is 0 Å². The normalized spacial score (nSPS) is 14.9. The number of hydrogen-bond acceptors (Lipinski definition) is 3. The Labute approximate surface area is 400 Å². The molecule has 2 aliphatic carbocycles. The smallest absolute Gasteiger partial charge is 0.104 e. The van der Waals surface area contributed by atoms with Gasteiger partial charge < -0.3 is 14.8 Å². The van der Waals surface area contributed by atoms with Crippen molar-refractivity contribution in [2.45, 2.75) is 24.9 Å². The van der Waals surface area contributed by atoms with Gasteiger partial charge in [0, 0.05) is 38.5 Å². The summed E-state index contributed by atoms with van der Waals surface area (Å²) in [5, 5.41) is 9.73. The summed E-state index contributed by atoms with van der Waals surface area (Å²) in [7, 11) is 0. The highest BCUT2D eigenvalue weighted by atomic mass is 15.3. The molecule has 3 aliphatic rings. The predicted octanol–water partition coefficient (Wildman–Crippen LogP) is 16.5. The summed E-state index contributed by atoms with van der Waals surface area (Å²) in [5.74, 6) is 0. The molecule has 1 spiro atoms. The molecule has 0 radical (unpaired) electrons. The zero-order valence-electron chi connectivity index (χ0n) is 38.0. The summed E-state index contributed by atoms with van der Waals surface area (Å²) < 4.78 is 2.45. The number of rotatable bonds is 5. The van der Waals surface area contributed by atoms with Crippen LogP contribution in [0.1, 0.15) is 35.6 Å². The van der Waals surface area contributed by atoms with Crippen LogP contribution in [0.4, 0.5) is 17.1 Å². The van der Waals surface area contributed by atoms with Crippen molar-refractivity contribution in [3.8, 4) is 50.3 Å². The molecule has 4 heteroatoms. The molecule has 0 bridgehead atoms. The monoisotopic (exact) mass is 880 g/mol. The minimum Gasteiger partial charge on any atom is -0.363 e. The molecular formula is C65H44N4. The second-order valence-electron chi connectivity index (χ2n) is 18.9. The summed E-state index contributed by atoms with van der Waals surface area (Å²) in [5.41, 5.74) is 22.4. The molecule has 1 aliphatic heterocycles. The van der Waals surface area contributed by atoms with Crippen molar-refractivity contribution in [2.75, 3.05) is 10.2 Å². The lowest BCUT2D eigenvalue weighted by atomic mass is 9.70. The van der Waals surface area contributed by atoms with Crippen molar-refractivity contribution in [1.82, 2.24) is 9.55 Å². The molecule has 1 unspecified atom stereocenters. The Hall–Kier alpha value is -8.73. The maximum absolute atomic E-state index is 5.68. The van der Waals surface area contributed by atoms with Gasteiger partial charge in [0.25, 0.3) is 0 Å². The number of nitrogens with zero attached hydrogens (tertiary/aromatic N) is 3. The Bertz CT molecular complexity index is 4020. The molecule has 10 aromatic carbocycles. The number of benzene rings is 10. The first-order chi connectivity index (χ1) is 34.2. The van der Waals surface area contributed by atoms with Crippen LogP contribution in [0.25, 0.3) is 93.8 Å². The highest BCUT2D eigenvalue weighted by Crippen LogP contribution is 2.63. The first-order valence-electron chi connectivity index (χ1n) is 24.2. The standard InChI is InChI=1S/C65H44N4/c1-2-63-66-59-27-13-16-30-62(59)69(63)43-33-31-40(32-34-43)41-35-42(37-44(36-41)68-60-28-14-7-21-49(60)50-22-8-15-29-61(50)68)64-53-38-52-47-19-5-11-25-56(47)65(57(52)39-51(53)48-20-6-12-26-58(48)67-64)54-23-9-3-17-45(54)46-18-4-10-24-55(46)65/h3-39,63,66H,2H2,1H3. The quantitative estimate of drug-likeness (QED) is 0.175. The number of aromatic nitrogens is 2. The average molecular weight is 881 g/mol. The Morgan fingerprint density at radius 3 is 1.68 bits per heavy atom. The average Bonchev–Trinajstić information content (AvgIpc) is 4.14.